The molecule has 2 rings (SSSR count). The minimum atomic E-state index is -0.750. The molecule has 1 heterocycles. The van der Waals surface area contributed by atoms with Crippen LogP contribution in [0.5, 0.6) is 0 Å². The Hall–Kier alpha value is -0.650. The normalized spacial score (nSPS) is 38.0. The van der Waals surface area contributed by atoms with Crippen LogP contribution in [0.15, 0.2) is 0 Å². The fraction of sp³-hybridized carbons (Fsp3) is 0.938. The quantitative estimate of drug-likeness (QED) is 0.811. The van der Waals surface area contributed by atoms with Crippen molar-refractivity contribution >= 4 is 5.97 Å². The van der Waals surface area contributed by atoms with E-state index in [0.29, 0.717) is 18.9 Å². The Morgan fingerprint density at radius 2 is 2.14 bits per heavy atom. The van der Waals surface area contributed by atoms with Crippen molar-refractivity contribution in [3.8, 4) is 0 Å². The average molecular weight is 298 g/mol. The number of piperidine rings is 1. The van der Waals surface area contributed by atoms with Gasteiger partial charge < -0.3 is 9.84 Å². The lowest BCUT2D eigenvalue weighted by molar-refractivity contribution is -0.145. The highest BCUT2D eigenvalue weighted by atomic mass is 16.5. The third kappa shape index (κ3) is 3.58. The van der Waals surface area contributed by atoms with Gasteiger partial charge in [0, 0.05) is 25.7 Å². The van der Waals surface area contributed by atoms with Crippen molar-refractivity contribution in [1.82, 2.24) is 10.2 Å². The Kier molecular flexibility index (Phi) is 4.96. The number of methoxy groups -OCH3 is 1. The molecule has 2 fully saturated rings. The van der Waals surface area contributed by atoms with Crippen molar-refractivity contribution in [2.75, 3.05) is 20.2 Å². The van der Waals surface area contributed by atoms with Gasteiger partial charge in [-0.15, -0.1) is 0 Å². The molecule has 21 heavy (non-hydrogen) atoms. The molecule has 5 nitrogen and oxygen atoms in total. The first kappa shape index (κ1) is 16.7. The molecule has 5 heteroatoms. The molecule has 0 aromatic carbocycles. The van der Waals surface area contributed by atoms with Crippen LogP contribution >= 0.6 is 0 Å². The Morgan fingerprint density at radius 1 is 1.43 bits per heavy atom. The number of ether oxygens (including phenoxy) is 1. The summed E-state index contributed by atoms with van der Waals surface area (Å²) in [6.07, 6.45) is 4.57. The van der Waals surface area contributed by atoms with Crippen molar-refractivity contribution in [2.24, 2.45) is 0 Å². The Labute approximate surface area is 128 Å². The standard InChI is InChI=1S/C16H30N2O3/c1-12(2)17-16(14(19)20)8-6-13(10-16)18-9-5-7-15(3,11-18)21-4/h12-13,17H,5-11H2,1-4H3,(H,19,20). The summed E-state index contributed by atoms with van der Waals surface area (Å²) in [4.78, 5) is 14.2. The molecule has 0 bridgehead atoms. The van der Waals surface area contributed by atoms with Crippen LogP contribution in [-0.4, -0.2) is 59.4 Å². The summed E-state index contributed by atoms with van der Waals surface area (Å²) >= 11 is 0. The van der Waals surface area contributed by atoms with E-state index >= 15 is 0 Å². The molecule has 0 aromatic rings. The molecule has 1 aliphatic carbocycles. The van der Waals surface area contributed by atoms with Gasteiger partial charge in [-0.05, 0) is 59.4 Å². The summed E-state index contributed by atoms with van der Waals surface area (Å²) in [5, 5.41) is 13.0. The zero-order valence-electron chi connectivity index (χ0n) is 13.8. The lowest BCUT2D eigenvalue weighted by Crippen LogP contribution is -2.55. The third-order valence-electron chi connectivity index (χ3n) is 5.16. The molecule has 2 N–H and O–H groups in total. The van der Waals surface area contributed by atoms with E-state index in [-0.39, 0.29) is 11.6 Å². The van der Waals surface area contributed by atoms with Crippen molar-refractivity contribution in [3.63, 3.8) is 0 Å². The van der Waals surface area contributed by atoms with E-state index in [1.807, 2.05) is 13.8 Å². The Morgan fingerprint density at radius 3 is 2.71 bits per heavy atom. The van der Waals surface area contributed by atoms with Crippen LogP contribution in [0.2, 0.25) is 0 Å². The van der Waals surface area contributed by atoms with Crippen LogP contribution in [0, 0.1) is 0 Å². The Balaban J connectivity index is 2.05. The van der Waals surface area contributed by atoms with Crippen LogP contribution in [0.3, 0.4) is 0 Å². The second-order valence-electron chi connectivity index (χ2n) is 7.31. The SMILES string of the molecule is COC1(C)CCCN(C2CCC(NC(C)C)(C(=O)O)C2)C1. The summed E-state index contributed by atoms with van der Waals surface area (Å²) < 4.78 is 5.66. The number of nitrogens with one attached hydrogen (secondary N) is 1. The molecule has 122 valence electrons. The van der Waals surface area contributed by atoms with Crippen LogP contribution in [0.4, 0.5) is 0 Å². The summed E-state index contributed by atoms with van der Waals surface area (Å²) in [5.74, 6) is -0.704. The van der Waals surface area contributed by atoms with Gasteiger partial charge in [-0.2, -0.15) is 0 Å². The van der Waals surface area contributed by atoms with Crippen molar-refractivity contribution in [1.29, 1.82) is 0 Å². The van der Waals surface area contributed by atoms with E-state index in [1.54, 1.807) is 7.11 Å². The van der Waals surface area contributed by atoms with Gasteiger partial charge in [-0.3, -0.25) is 15.0 Å². The van der Waals surface area contributed by atoms with E-state index in [2.05, 4.69) is 17.1 Å². The maximum Gasteiger partial charge on any atom is 0.323 e. The lowest BCUT2D eigenvalue weighted by Gasteiger charge is -2.42. The molecule has 2 aliphatic rings. The van der Waals surface area contributed by atoms with Gasteiger partial charge in [0.15, 0.2) is 0 Å². The highest BCUT2D eigenvalue weighted by molar-refractivity contribution is 5.79. The maximum atomic E-state index is 11.8. The number of aliphatic carboxylic acids is 1. The monoisotopic (exact) mass is 298 g/mol. The summed E-state index contributed by atoms with van der Waals surface area (Å²) in [6.45, 7) is 8.15. The summed E-state index contributed by atoms with van der Waals surface area (Å²) in [7, 11) is 1.78. The first-order valence-corrected chi connectivity index (χ1v) is 8.10. The summed E-state index contributed by atoms with van der Waals surface area (Å²) in [5.41, 5.74) is -0.835. The van der Waals surface area contributed by atoms with E-state index in [4.69, 9.17) is 4.74 Å². The molecule has 0 aromatic heterocycles. The third-order valence-corrected chi connectivity index (χ3v) is 5.16. The van der Waals surface area contributed by atoms with E-state index in [9.17, 15) is 9.90 Å². The van der Waals surface area contributed by atoms with Crippen molar-refractivity contribution < 1.29 is 14.6 Å². The number of carboxylic acid groups (broad SMARTS) is 1. The second kappa shape index (κ2) is 6.23. The molecule has 1 aliphatic heterocycles. The van der Waals surface area contributed by atoms with Gasteiger partial charge >= 0.3 is 5.97 Å². The van der Waals surface area contributed by atoms with E-state index in [1.165, 1.54) is 0 Å². The highest BCUT2D eigenvalue weighted by Gasteiger charge is 2.48. The van der Waals surface area contributed by atoms with Crippen molar-refractivity contribution in [2.45, 2.75) is 76.1 Å². The van der Waals surface area contributed by atoms with E-state index in [0.717, 1.165) is 32.4 Å². The van der Waals surface area contributed by atoms with Crippen LogP contribution < -0.4 is 5.32 Å². The van der Waals surface area contributed by atoms with Gasteiger partial charge in [0.1, 0.15) is 5.54 Å². The number of hydrogen-bond acceptors (Lipinski definition) is 4. The zero-order chi connectivity index (χ0) is 15.7. The van der Waals surface area contributed by atoms with Gasteiger partial charge in [0.05, 0.1) is 5.60 Å². The van der Waals surface area contributed by atoms with Gasteiger partial charge in [0.2, 0.25) is 0 Å². The highest BCUT2D eigenvalue weighted by Crippen LogP contribution is 2.36. The van der Waals surface area contributed by atoms with Gasteiger partial charge in [0.25, 0.3) is 0 Å². The van der Waals surface area contributed by atoms with Crippen LogP contribution in [0.25, 0.3) is 0 Å². The minimum absolute atomic E-state index is 0.0851. The predicted molar refractivity (Wildman–Crippen MR) is 82.5 cm³/mol. The number of likely N-dealkylation sites (tertiary alicyclic amines) is 1. The molecule has 0 spiro atoms. The number of nitrogens with zero attached hydrogens (tertiary/aromatic N) is 1. The average Bonchev–Trinajstić information content (AvgIpc) is 2.84. The minimum Gasteiger partial charge on any atom is -0.480 e. The molecule has 3 atom stereocenters. The molecular formula is C16H30N2O3. The summed E-state index contributed by atoms with van der Waals surface area (Å²) in [6, 6.07) is 0.535. The topological polar surface area (TPSA) is 61.8 Å². The number of rotatable bonds is 5. The fourth-order valence-electron chi connectivity index (χ4n) is 3.99. The fourth-order valence-corrected chi connectivity index (χ4v) is 3.99. The second-order valence-corrected chi connectivity index (χ2v) is 7.31. The molecule has 0 amide bonds. The predicted octanol–water partition coefficient (Wildman–Crippen LogP) is 1.86. The molecule has 3 unspecified atom stereocenters. The number of hydrogen-bond donors (Lipinski definition) is 2. The largest absolute Gasteiger partial charge is 0.480 e. The molecule has 1 saturated heterocycles. The smallest absolute Gasteiger partial charge is 0.323 e. The molecule has 1 saturated carbocycles. The zero-order valence-corrected chi connectivity index (χ0v) is 13.8. The van der Waals surface area contributed by atoms with Crippen molar-refractivity contribution in [3.05, 3.63) is 0 Å². The van der Waals surface area contributed by atoms with Gasteiger partial charge in [-0.1, -0.05) is 0 Å². The van der Waals surface area contributed by atoms with Crippen LogP contribution in [0.1, 0.15) is 52.9 Å². The number of carboxylic acids is 1. The van der Waals surface area contributed by atoms with Crippen LogP contribution in [-0.2, 0) is 9.53 Å². The van der Waals surface area contributed by atoms with E-state index < -0.39 is 11.5 Å². The molecule has 0 radical (unpaired) electrons. The maximum absolute atomic E-state index is 11.8. The lowest BCUT2D eigenvalue weighted by atomic mass is 9.92. The number of carbonyl (C=O) groups is 1. The first-order chi connectivity index (χ1) is 9.80. The first-order valence-electron chi connectivity index (χ1n) is 8.10. The Bertz CT molecular complexity index is 388. The molecular weight excluding hydrogens is 268 g/mol. The van der Waals surface area contributed by atoms with Gasteiger partial charge in [-0.25, -0.2) is 0 Å².